The number of nitrogens with zero attached hydrogens (tertiary/aromatic N) is 2. The number of esters is 1. The molecule has 1 aromatic carbocycles. The zero-order valence-electron chi connectivity index (χ0n) is 17.7. The SMILES string of the molecule is CCCC(Cl)CN1c2cc(Cc3ccc(F)cc3)c(CC(=O)OC)nc2OC[C@@H]1C. The molecule has 0 saturated carbocycles. The van der Waals surface area contributed by atoms with Crippen LogP contribution in [0, 0.1) is 5.82 Å². The quantitative estimate of drug-likeness (QED) is 0.451. The molecule has 2 heterocycles. The number of benzene rings is 1. The van der Waals surface area contributed by atoms with Crippen molar-refractivity contribution in [2.24, 2.45) is 0 Å². The van der Waals surface area contributed by atoms with Crippen molar-refractivity contribution in [3.63, 3.8) is 0 Å². The maximum atomic E-state index is 13.3. The summed E-state index contributed by atoms with van der Waals surface area (Å²) in [4.78, 5) is 18.9. The van der Waals surface area contributed by atoms with Crippen molar-refractivity contribution in [3.05, 3.63) is 53.0 Å². The molecule has 0 spiro atoms. The normalized spacial score (nSPS) is 16.6. The number of fused-ring (bicyclic) bond motifs is 1. The summed E-state index contributed by atoms with van der Waals surface area (Å²) in [6.45, 7) is 5.42. The fraction of sp³-hybridized carbons (Fsp3) is 0.478. The van der Waals surface area contributed by atoms with Crippen LogP contribution >= 0.6 is 11.6 Å². The molecule has 0 fully saturated rings. The molecule has 2 atom stereocenters. The third kappa shape index (κ3) is 5.42. The Morgan fingerprint density at radius 3 is 2.80 bits per heavy atom. The van der Waals surface area contributed by atoms with Crippen molar-refractivity contribution in [1.29, 1.82) is 0 Å². The van der Waals surface area contributed by atoms with Gasteiger partial charge in [0.25, 0.3) is 0 Å². The van der Waals surface area contributed by atoms with Gasteiger partial charge < -0.3 is 14.4 Å². The van der Waals surface area contributed by atoms with Gasteiger partial charge in [-0.15, -0.1) is 11.6 Å². The number of pyridine rings is 1. The van der Waals surface area contributed by atoms with Gasteiger partial charge in [-0.2, -0.15) is 0 Å². The summed E-state index contributed by atoms with van der Waals surface area (Å²) in [5, 5.41) is 0.0266. The summed E-state index contributed by atoms with van der Waals surface area (Å²) >= 11 is 6.55. The molecule has 5 nitrogen and oxygen atoms in total. The molecule has 1 aromatic heterocycles. The smallest absolute Gasteiger partial charge is 0.311 e. The van der Waals surface area contributed by atoms with E-state index in [0.717, 1.165) is 29.7 Å². The minimum Gasteiger partial charge on any atom is -0.474 e. The number of halogens is 2. The van der Waals surface area contributed by atoms with E-state index >= 15 is 0 Å². The second kappa shape index (κ2) is 10.1. The van der Waals surface area contributed by atoms with Gasteiger partial charge in [-0.05, 0) is 49.1 Å². The van der Waals surface area contributed by atoms with Crippen LogP contribution < -0.4 is 9.64 Å². The minimum absolute atomic E-state index is 0.0266. The van der Waals surface area contributed by atoms with Crippen molar-refractivity contribution in [2.45, 2.75) is 50.9 Å². The summed E-state index contributed by atoms with van der Waals surface area (Å²) in [6, 6.07) is 8.52. The lowest BCUT2D eigenvalue weighted by Crippen LogP contribution is -2.44. The van der Waals surface area contributed by atoms with E-state index in [1.54, 1.807) is 12.1 Å². The van der Waals surface area contributed by atoms with Gasteiger partial charge in [0.15, 0.2) is 0 Å². The first-order valence-electron chi connectivity index (χ1n) is 10.3. The number of carbonyl (C=O) groups excluding carboxylic acids is 1. The van der Waals surface area contributed by atoms with E-state index in [2.05, 4.69) is 23.7 Å². The van der Waals surface area contributed by atoms with Crippen molar-refractivity contribution in [2.75, 3.05) is 25.2 Å². The number of aromatic nitrogens is 1. The molecule has 2 aromatic rings. The molecule has 1 aliphatic rings. The van der Waals surface area contributed by atoms with Crippen LogP contribution in [0.25, 0.3) is 0 Å². The summed E-state index contributed by atoms with van der Waals surface area (Å²) in [7, 11) is 1.36. The van der Waals surface area contributed by atoms with E-state index < -0.39 is 0 Å². The van der Waals surface area contributed by atoms with Crippen LogP contribution in [0.1, 0.15) is 43.5 Å². The minimum atomic E-state index is -0.368. The van der Waals surface area contributed by atoms with E-state index in [1.165, 1.54) is 19.2 Å². The van der Waals surface area contributed by atoms with Crippen LogP contribution in [0.4, 0.5) is 10.1 Å². The number of carbonyl (C=O) groups is 1. The molecule has 0 amide bonds. The van der Waals surface area contributed by atoms with Gasteiger partial charge in [-0.1, -0.05) is 25.5 Å². The molecule has 0 bridgehead atoms. The third-order valence-electron chi connectivity index (χ3n) is 5.28. The Bertz CT molecular complexity index is 875. The highest BCUT2D eigenvalue weighted by Crippen LogP contribution is 2.35. The molecule has 1 unspecified atom stereocenters. The standard InChI is InChI=1S/C23H28ClFN2O3/c1-4-5-18(24)13-27-15(2)14-30-23-21(27)11-17(20(26-23)12-22(28)29-3)10-16-6-8-19(25)9-7-16/h6-9,11,15,18H,4-5,10,12-14H2,1-3H3/t15-,18?/m0/s1. The van der Waals surface area contributed by atoms with Crippen molar-refractivity contribution in [3.8, 4) is 5.88 Å². The van der Waals surface area contributed by atoms with E-state index in [9.17, 15) is 9.18 Å². The van der Waals surface area contributed by atoms with E-state index in [1.807, 2.05) is 6.07 Å². The average Bonchev–Trinajstić information content (AvgIpc) is 2.72. The number of hydrogen-bond acceptors (Lipinski definition) is 5. The van der Waals surface area contributed by atoms with Crippen LogP contribution in [0.3, 0.4) is 0 Å². The molecule has 0 N–H and O–H groups in total. The predicted molar refractivity (Wildman–Crippen MR) is 116 cm³/mol. The van der Waals surface area contributed by atoms with Gasteiger partial charge in [-0.25, -0.2) is 9.37 Å². The number of anilines is 1. The molecule has 1 aliphatic heterocycles. The Morgan fingerprint density at radius 2 is 2.13 bits per heavy atom. The molecule has 30 heavy (non-hydrogen) atoms. The van der Waals surface area contributed by atoms with Crippen LogP contribution in [-0.4, -0.2) is 42.6 Å². The van der Waals surface area contributed by atoms with Gasteiger partial charge in [0.1, 0.15) is 18.1 Å². The largest absolute Gasteiger partial charge is 0.474 e. The van der Waals surface area contributed by atoms with Gasteiger partial charge in [-0.3, -0.25) is 4.79 Å². The highest BCUT2D eigenvalue weighted by atomic mass is 35.5. The van der Waals surface area contributed by atoms with Gasteiger partial charge >= 0.3 is 5.97 Å². The lowest BCUT2D eigenvalue weighted by molar-refractivity contribution is -0.139. The molecule has 3 rings (SSSR count). The molecular formula is C23H28ClFN2O3. The lowest BCUT2D eigenvalue weighted by atomic mass is 10.0. The molecular weight excluding hydrogens is 407 g/mol. The first kappa shape index (κ1) is 22.3. The number of rotatable bonds is 8. The topological polar surface area (TPSA) is 51.7 Å². The number of methoxy groups -OCH3 is 1. The zero-order valence-corrected chi connectivity index (χ0v) is 18.4. The zero-order chi connectivity index (χ0) is 21.7. The Labute approximate surface area is 182 Å². The highest BCUT2D eigenvalue weighted by Gasteiger charge is 2.29. The summed E-state index contributed by atoms with van der Waals surface area (Å²) in [5.41, 5.74) is 3.30. The summed E-state index contributed by atoms with van der Waals surface area (Å²) in [5.74, 6) is -0.141. The molecule has 0 saturated heterocycles. The van der Waals surface area contributed by atoms with Crippen LogP contribution in [0.2, 0.25) is 0 Å². The van der Waals surface area contributed by atoms with Crippen LogP contribution in [-0.2, 0) is 22.4 Å². The van der Waals surface area contributed by atoms with Crippen molar-refractivity contribution < 1.29 is 18.7 Å². The molecule has 0 radical (unpaired) electrons. The van der Waals surface area contributed by atoms with Gasteiger partial charge in [0.2, 0.25) is 5.88 Å². The third-order valence-corrected chi connectivity index (χ3v) is 5.64. The van der Waals surface area contributed by atoms with Crippen LogP contribution in [0.15, 0.2) is 30.3 Å². The maximum Gasteiger partial charge on any atom is 0.311 e. The van der Waals surface area contributed by atoms with Crippen molar-refractivity contribution >= 4 is 23.3 Å². The Hall–Kier alpha value is -2.34. The van der Waals surface area contributed by atoms with Gasteiger partial charge in [0, 0.05) is 6.54 Å². The Morgan fingerprint density at radius 1 is 1.40 bits per heavy atom. The number of ether oxygens (including phenoxy) is 2. The van der Waals surface area contributed by atoms with E-state index in [4.69, 9.17) is 21.1 Å². The Kier molecular flexibility index (Phi) is 7.53. The van der Waals surface area contributed by atoms with Crippen molar-refractivity contribution in [1.82, 2.24) is 4.98 Å². The second-order valence-electron chi connectivity index (χ2n) is 7.67. The summed E-state index contributed by atoms with van der Waals surface area (Å²) in [6.07, 6.45) is 2.52. The number of alkyl halides is 1. The highest BCUT2D eigenvalue weighted by molar-refractivity contribution is 6.20. The molecule has 7 heteroatoms. The predicted octanol–water partition coefficient (Wildman–Crippen LogP) is 4.52. The first-order chi connectivity index (χ1) is 14.4. The average molecular weight is 435 g/mol. The number of hydrogen-bond donors (Lipinski definition) is 0. The Balaban J connectivity index is 1.99. The monoisotopic (exact) mass is 434 g/mol. The lowest BCUT2D eigenvalue weighted by Gasteiger charge is -2.37. The fourth-order valence-electron chi connectivity index (χ4n) is 3.63. The maximum absolute atomic E-state index is 13.3. The van der Waals surface area contributed by atoms with E-state index in [-0.39, 0.29) is 29.6 Å². The second-order valence-corrected chi connectivity index (χ2v) is 8.29. The van der Waals surface area contributed by atoms with E-state index in [0.29, 0.717) is 31.1 Å². The fourth-order valence-corrected chi connectivity index (χ4v) is 4.00. The first-order valence-corrected chi connectivity index (χ1v) is 10.7. The molecule has 162 valence electrons. The molecule has 0 aliphatic carbocycles. The van der Waals surface area contributed by atoms with Crippen LogP contribution in [0.5, 0.6) is 5.88 Å². The van der Waals surface area contributed by atoms with Gasteiger partial charge in [0.05, 0.1) is 30.6 Å². The summed E-state index contributed by atoms with van der Waals surface area (Å²) < 4.78 is 24.0.